The number of aromatic nitrogens is 2. The highest BCUT2D eigenvalue weighted by Gasteiger charge is 2.13. The molecule has 2 rings (SSSR count). The van der Waals surface area contributed by atoms with Gasteiger partial charge >= 0.3 is 0 Å². The third-order valence-electron chi connectivity index (χ3n) is 2.74. The molecule has 0 saturated carbocycles. The first-order valence-corrected chi connectivity index (χ1v) is 6.19. The monoisotopic (exact) mass is 265 g/mol. The average molecular weight is 266 g/mol. The summed E-state index contributed by atoms with van der Waals surface area (Å²) in [6.45, 7) is 2.98. The third kappa shape index (κ3) is 2.35. The van der Waals surface area contributed by atoms with E-state index < -0.39 is 0 Å². The van der Waals surface area contributed by atoms with Crippen molar-refractivity contribution in [3.05, 3.63) is 35.2 Å². The Balaban J connectivity index is 2.36. The molecule has 18 heavy (non-hydrogen) atoms. The summed E-state index contributed by atoms with van der Waals surface area (Å²) in [5.41, 5.74) is 7.32. The van der Waals surface area contributed by atoms with Crippen LogP contribution in [0.25, 0.3) is 11.3 Å². The van der Waals surface area contributed by atoms with Crippen molar-refractivity contribution in [1.82, 2.24) is 9.55 Å². The van der Waals surface area contributed by atoms with Crippen molar-refractivity contribution in [3.8, 4) is 17.0 Å². The molecule has 96 valence electrons. The molecule has 4 nitrogen and oxygen atoms in total. The van der Waals surface area contributed by atoms with Crippen LogP contribution in [-0.2, 0) is 13.6 Å². The molecule has 1 aromatic heterocycles. The Bertz CT molecular complexity index is 534. The number of nitrogens with two attached hydrogens (primary N) is 1. The van der Waals surface area contributed by atoms with Crippen LogP contribution in [0.2, 0.25) is 5.15 Å². The fourth-order valence-corrected chi connectivity index (χ4v) is 2.01. The molecule has 0 saturated heterocycles. The van der Waals surface area contributed by atoms with E-state index in [-0.39, 0.29) is 0 Å². The van der Waals surface area contributed by atoms with Crippen LogP contribution in [-0.4, -0.2) is 16.2 Å². The number of rotatable bonds is 4. The number of hydrogen-bond donors (Lipinski definition) is 1. The van der Waals surface area contributed by atoms with Crippen LogP contribution in [0.4, 0.5) is 0 Å². The predicted octanol–water partition coefficient (Wildman–Crippen LogP) is 2.60. The minimum atomic E-state index is 0.368. The summed E-state index contributed by atoms with van der Waals surface area (Å²) < 4.78 is 7.20. The number of benzene rings is 1. The lowest BCUT2D eigenvalue weighted by Crippen LogP contribution is -2.04. The topological polar surface area (TPSA) is 53.1 Å². The zero-order valence-corrected chi connectivity index (χ0v) is 11.2. The SMILES string of the molecule is CCOc1ccc(-c2nc(CN)n(C)c2Cl)cc1. The summed E-state index contributed by atoms with van der Waals surface area (Å²) in [5.74, 6) is 1.61. The Morgan fingerprint density at radius 1 is 1.33 bits per heavy atom. The summed E-state index contributed by atoms with van der Waals surface area (Å²) in [7, 11) is 1.86. The van der Waals surface area contributed by atoms with Crippen LogP contribution in [0.1, 0.15) is 12.7 Å². The zero-order chi connectivity index (χ0) is 13.1. The van der Waals surface area contributed by atoms with Crippen molar-refractivity contribution >= 4 is 11.6 Å². The van der Waals surface area contributed by atoms with Crippen molar-refractivity contribution in [2.45, 2.75) is 13.5 Å². The number of ether oxygens (including phenoxy) is 1. The average Bonchev–Trinajstić information content (AvgIpc) is 2.68. The van der Waals surface area contributed by atoms with Gasteiger partial charge in [0.05, 0.1) is 13.2 Å². The van der Waals surface area contributed by atoms with E-state index >= 15 is 0 Å². The lowest BCUT2D eigenvalue weighted by molar-refractivity contribution is 0.340. The molecule has 1 aromatic carbocycles. The number of imidazole rings is 1. The summed E-state index contributed by atoms with van der Waals surface area (Å²) in [4.78, 5) is 4.44. The molecule has 1 heterocycles. The Kier molecular flexibility index (Phi) is 3.89. The van der Waals surface area contributed by atoms with Gasteiger partial charge in [0.2, 0.25) is 0 Å². The van der Waals surface area contributed by atoms with E-state index in [0.29, 0.717) is 18.3 Å². The van der Waals surface area contributed by atoms with E-state index in [0.717, 1.165) is 22.8 Å². The highest BCUT2D eigenvalue weighted by molar-refractivity contribution is 6.32. The minimum Gasteiger partial charge on any atom is -0.494 e. The molecule has 0 aliphatic carbocycles. The van der Waals surface area contributed by atoms with E-state index in [2.05, 4.69) is 4.98 Å². The molecule has 2 aromatic rings. The van der Waals surface area contributed by atoms with Crippen molar-refractivity contribution in [2.24, 2.45) is 12.8 Å². The molecule has 0 unspecified atom stereocenters. The Morgan fingerprint density at radius 3 is 2.50 bits per heavy atom. The first-order chi connectivity index (χ1) is 8.67. The van der Waals surface area contributed by atoms with E-state index in [1.165, 1.54) is 0 Å². The first kappa shape index (κ1) is 12.9. The maximum Gasteiger partial charge on any atom is 0.136 e. The van der Waals surface area contributed by atoms with Crippen LogP contribution < -0.4 is 10.5 Å². The number of nitrogens with zero attached hydrogens (tertiary/aromatic N) is 2. The number of halogens is 1. The molecule has 0 aliphatic rings. The zero-order valence-electron chi connectivity index (χ0n) is 10.5. The van der Waals surface area contributed by atoms with Crippen LogP contribution in [0.3, 0.4) is 0 Å². The van der Waals surface area contributed by atoms with E-state index in [1.54, 1.807) is 4.57 Å². The van der Waals surface area contributed by atoms with Gasteiger partial charge in [0.1, 0.15) is 22.4 Å². The normalized spacial score (nSPS) is 10.7. The van der Waals surface area contributed by atoms with Gasteiger partial charge in [-0.05, 0) is 31.2 Å². The van der Waals surface area contributed by atoms with Crippen molar-refractivity contribution in [3.63, 3.8) is 0 Å². The number of hydrogen-bond acceptors (Lipinski definition) is 3. The Morgan fingerprint density at radius 2 is 2.00 bits per heavy atom. The van der Waals surface area contributed by atoms with Crippen LogP contribution in [0.5, 0.6) is 5.75 Å². The lowest BCUT2D eigenvalue weighted by Gasteiger charge is -2.03. The van der Waals surface area contributed by atoms with Crippen LogP contribution >= 0.6 is 11.6 Å². The van der Waals surface area contributed by atoms with Gasteiger partial charge in [-0.15, -0.1) is 0 Å². The van der Waals surface area contributed by atoms with Crippen LogP contribution in [0, 0.1) is 0 Å². The molecule has 0 atom stereocenters. The maximum atomic E-state index is 6.24. The molecular formula is C13H16ClN3O. The molecular weight excluding hydrogens is 250 g/mol. The van der Waals surface area contributed by atoms with Crippen LogP contribution in [0.15, 0.2) is 24.3 Å². The molecule has 5 heteroatoms. The Hall–Kier alpha value is -1.52. The fraction of sp³-hybridized carbons (Fsp3) is 0.308. The van der Waals surface area contributed by atoms with E-state index in [1.807, 2.05) is 38.2 Å². The second-order valence-corrected chi connectivity index (χ2v) is 4.25. The summed E-state index contributed by atoms with van der Waals surface area (Å²) >= 11 is 6.24. The molecule has 0 radical (unpaired) electrons. The van der Waals surface area contributed by atoms with E-state index in [4.69, 9.17) is 22.1 Å². The van der Waals surface area contributed by atoms with E-state index in [9.17, 15) is 0 Å². The molecule has 0 fully saturated rings. The van der Waals surface area contributed by atoms with Gasteiger partial charge in [-0.25, -0.2) is 4.98 Å². The first-order valence-electron chi connectivity index (χ1n) is 5.81. The molecule has 0 amide bonds. The molecule has 0 spiro atoms. The lowest BCUT2D eigenvalue weighted by atomic mass is 10.1. The van der Waals surface area contributed by atoms with Gasteiger partial charge in [0, 0.05) is 12.6 Å². The van der Waals surface area contributed by atoms with Gasteiger partial charge in [0.25, 0.3) is 0 Å². The summed E-state index contributed by atoms with van der Waals surface area (Å²) in [6.07, 6.45) is 0. The molecule has 0 aliphatic heterocycles. The van der Waals surface area contributed by atoms with Gasteiger partial charge < -0.3 is 15.0 Å². The smallest absolute Gasteiger partial charge is 0.136 e. The van der Waals surface area contributed by atoms with Crippen molar-refractivity contribution in [1.29, 1.82) is 0 Å². The fourth-order valence-electron chi connectivity index (χ4n) is 1.76. The standard InChI is InChI=1S/C13H16ClN3O/c1-3-18-10-6-4-9(5-7-10)12-13(14)17(2)11(8-15)16-12/h4-7H,3,8,15H2,1-2H3. The Labute approximate surface area is 111 Å². The maximum absolute atomic E-state index is 6.24. The van der Waals surface area contributed by atoms with Gasteiger partial charge in [-0.3, -0.25) is 0 Å². The highest BCUT2D eigenvalue weighted by Crippen LogP contribution is 2.28. The molecule has 2 N–H and O–H groups in total. The minimum absolute atomic E-state index is 0.368. The largest absolute Gasteiger partial charge is 0.494 e. The van der Waals surface area contributed by atoms with Crippen molar-refractivity contribution in [2.75, 3.05) is 6.61 Å². The second kappa shape index (κ2) is 5.42. The second-order valence-electron chi connectivity index (χ2n) is 3.89. The van der Waals surface area contributed by atoms with Gasteiger partial charge in [-0.1, -0.05) is 11.6 Å². The molecule has 0 bridgehead atoms. The summed E-state index contributed by atoms with van der Waals surface area (Å²) in [5, 5.41) is 0.597. The predicted molar refractivity (Wildman–Crippen MR) is 72.7 cm³/mol. The van der Waals surface area contributed by atoms with Gasteiger partial charge in [0.15, 0.2) is 0 Å². The van der Waals surface area contributed by atoms with Crippen molar-refractivity contribution < 1.29 is 4.74 Å². The van der Waals surface area contributed by atoms with Gasteiger partial charge in [-0.2, -0.15) is 0 Å². The highest BCUT2D eigenvalue weighted by atomic mass is 35.5. The third-order valence-corrected chi connectivity index (χ3v) is 3.17. The summed E-state index contributed by atoms with van der Waals surface area (Å²) in [6, 6.07) is 7.71. The quantitative estimate of drug-likeness (QED) is 0.925.